The van der Waals surface area contributed by atoms with E-state index in [1.165, 1.54) is 17.4 Å². The standard InChI is InChI=1S/C25H26FN5O4S/c1-3-34-22(32)18-17(11-31-9-7-25-23(33)28-12-24(25,13-31)35-25)29-20(21-27-8-10-36-21)30-19(18)15-5-4-6-16(26)14(15)2/h4-6,8,10,19H,3,7,9,11-13H2,1-2H3,(H,28,33)(H,29,30)/t19-,24-,25-/m0/s1. The first-order valence-corrected chi connectivity index (χ1v) is 12.9. The maximum Gasteiger partial charge on any atom is 0.338 e. The molecule has 0 spiro atoms. The minimum atomic E-state index is -0.760. The van der Waals surface area contributed by atoms with Gasteiger partial charge in [0.1, 0.15) is 17.5 Å². The van der Waals surface area contributed by atoms with Gasteiger partial charge in [-0.3, -0.25) is 14.7 Å². The van der Waals surface area contributed by atoms with Crippen LogP contribution in [0, 0.1) is 12.7 Å². The molecule has 9 nitrogen and oxygen atoms in total. The molecule has 3 atom stereocenters. The van der Waals surface area contributed by atoms with Crippen LogP contribution in [0.25, 0.3) is 0 Å². The Hall–Kier alpha value is -3.15. The molecule has 0 radical (unpaired) electrons. The van der Waals surface area contributed by atoms with Crippen LogP contribution in [-0.2, 0) is 19.1 Å². The van der Waals surface area contributed by atoms with Gasteiger partial charge >= 0.3 is 5.97 Å². The summed E-state index contributed by atoms with van der Waals surface area (Å²) < 4.78 is 26.0. The van der Waals surface area contributed by atoms with E-state index in [0.717, 1.165) is 0 Å². The zero-order valence-electron chi connectivity index (χ0n) is 20.0. The average Bonchev–Trinajstić information content (AvgIpc) is 3.12. The highest BCUT2D eigenvalue weighted by Crippen LogP contribution is 2.56. The third-order valence-electron chi connectivity index (χ3n) is 7.47. The van der Waals surface area contributed by atoms with Gasteiger partial charge in [-0.15, -0.1) is 11.3 Å². The van der Waals surface area contributed by atoms with Crippen LogP contribution in [0.5, 0.6) is 0 Å². The summed E-state index contributed by atoms with van der Waals surface area (Å²) in [5.74, 6) is -0.381. The van der Waals surface area contributed by atoms with Crippen molar-refractivity contribution in [2.75, 3.05) is 32.8 Å². The van der Waals surface area contributed by atoms with Crippen LogP contribution in [-0.4, -0.2) is 71.6 Å². The predicted molar refractivity (Wildman–Crippen MR) is 130 cm³/mol. The number of amides is 1. The fourth-order valence-electron chi connectivity index (χ4n) is 5.59. The quantitative estimate of drug-likeness (QED) is 0.450. The van der Waals surface area contributed by atoms with Gasteiger partial charge in [-0.1, -0.05) is 12.1 Å². The van der Waals surface area contributed by atoms with Crippen LogP contribution in [0.1, 0.15) is 35.5 Å². The first-order chi connectivity index (χ1) is 17.4. The molecule has 1 aromatic heterocycles. The largest absolute Gasteiger partial charge is 0.463 e. The number of amidine groups is 1. The van der Waals surface area contributed by atoms with Crippen molar-refractivity contribution in [2.24, 2.45) is 4.99 Å². The molecule has 1 aromatic carbocycles. The summed E-state index contributed by atoms with van der Waals surface area (Å²) in [6.45, 7) is 5.69. The SMILES string of the molecule is CCOC(=O)C1=C(CN2CC[C@@]34O[C@@]3(CNC4=O)C2)NC(c2nccs2)=N[C@H]1c1cccc(F)c1C. The van der Waals surface area contributed by atoms with Gasteiger partial charge in [-0.25, -0.2) is 14.2 Å². The molecular formula is C25H26FN5O4S. The number of aliphatic imine (C=N–C) groups is 1. The zero-order valence-corrected chi connectivity index (χ0v) is 20.8. The number of halogens is 1. The van der Waals surface area contributed by atoms with Crippen molar-refractivity contribution >= 4 is 29.0 Å². The summed E-state index contributed by atoms with van der Waals surface area (Å²) in [5, 5.41) is 8.78. The number of esters is 1. The first-order valence-electron chi connectivity index (χ1n) is 12.0. The lowest BCUT2D eigenvalue weighted by Gasteiger charge is -2.33. The van der Waals surface area contributed by atoms with Crippen LogP contribution in [0.4, 0.5) is 4.39 Å². The Balaban J connectivity index is 1.40. The Morgan fingerprint density at radius 3 is 3.06 bits per heavy atom. The molecule has 5 heterocycles. The Bertz CT molecular complexity index is 1310. The highest BCUT2D eigenvalue weighted by atomic mass is 32.1. The van der Waals surface area contributed by atoms with E-state index >= 15 is 0 Å². The fraction of sp³-hybridized carbons (Fsp3) is 0.440. The van der Waals surface area contributed by atoms with Gasteiger partial charge in [0, 0.05) is 43.3 Å². The second-order valence-corrected chi connectivity index (χ2v) is 10.4. The summed E-state index contributed by atoms with van der Waals surface area (Å²) in [5.41, 5.74) is 0.764. The lowest BCUT2D eigenvalue weighted by molar-refractivity contribution is -0.139. The zero-order chi connectivity index (χ0) is 25.1. The number of epoxide rings is 1. The van der Waals surface area contributed by atoms with Crippen molar-refractivity contribution in [2.45, 2.75) is 37.5 Å². The molecule has 0 bridgehead atoms. The van der Waals surface area contributed by atoms with E-state index < -0.39 is 23.2 Å². The maximum atomic E-state index is 14.6. The lowest BCUT2D eigenvalue weighted by Crippen LogP contribution is -2.49. The molecule has 188 valence electrons. The number of morpholine rings is 1. The van der Waals surface area contributed by atoms with Gasteiger partial charge in [0.05, 0.1) is 18.7 Å². The molecule has 6 rings (SSSR count). The van der Waals surface area contributed by atoms with Crippen molar-refractivity contribution < 1.29 is 23.5 Å². The second-order valence-electron chi connectivity index (χ2n) is 9.48. The van der Waals surface area contributed by atoms with E-state index in [2.05, 4.69) is 20.5 Å². The van der Waals surface area contributed by atoms with Crippen LogP contribution >= 0.6 is 11.3 Å². The number of hydrogen-bond donors (Lipinski definition) is 2. The topological polar surface area (TPSA) is 108 Å². The van der Waals surface area contributed by atoms with E-state index in [4.69, 9.17) is 14.5 Å². The number of piperidine rings is 1. The number of nitrogens with zero attached hydrogens (tertiary/aromatic N) is 3. The Kier molecular flexibility index (Phi) is 5.47. The van der Waals surface area contributed by atoms with Crippen molar-refractivity contribution in [1.82, 2.24) is 20.5 Å². The molecule has 2 N–H and O–H groups in total. The smallest absolute Gasteiger partial charge is 0.338 e. The van der Waals surface area contributed by atoms with Gasteiger partial charge in [-0.05, 0) is 31.0 Å². The minimum Gasteiger partial charge on any atom is -0.463 e. The molecule has 4 aliphatic rings. The van der Waals surface area contributed by atoms with Gasteiger partial charge in [-0.2, -0.15) is 0 Å². The monoisotopic (exact) mass is 511 g/mol. The van der Waals surface area contributed by atoms with E-state index in [-0.39, 0.29) is 18.3 Å². The number of hydrogen-bond acceptors (Lipinski definition) is 9. The van der Waals surface area contributed by atoms with Gasteiger partial charge in [0.25, 0.3) is 5.91 Å². The van der Waals surface area contributed by atoms with E-state index in [1.807, 2.05) is 5.38 Å². The summed E-state index contributed by atoms with van der Waals surface area (Å²) in [4.78, 5) is 37.1. The third-order valence-corrected chi connectivity index (χ3v) is 8.25. The number of likely N-dealkylation sites (tertiary alicyclic amines) is 1. The van der Waals surface area contributed by atoms with Crippen LogP contribution in [0.15, 0.2) is 46.0 Å². The summed E-state index contributed by atoms with van der Waals surface area (Å²) in [6, 6.07) is 4.05. The van der Waals surface area contributed by atoms with E-state index in [1.54, 1.807) is 32.2 Å². The highest BCUT2D eigenvalue weighted by molar-refractivity contribution is 7.11. The number of carbonyl (C=O) groups excluding carboxylic acids is 2. The Labute approximate surface area is 211 Å². The number of aromatic nitrogens is 1. The number of ether oxygens (including phenoxy) is 2. The van der Waals surface area contributed by atoms with E-state index in [9.17, 15) is 14.0 Å². The van der Waals surface area contributed by atoms with E-state index in [0.29, 0.717) is 65.8 Å². The van der Waals surface area contributed by atoms with Crippen molar-refractivity contribution in [3.05, 3.63) is 63.0 Å². The molecule has 0 aliphatic carbocycles. The van der Waals surface area contributed by atoms with Gasteiger partial charge in [0.2, 0.25) is 0 Å². The number of carbonyl (C=O) groups is 2. The van der Waals surface area contributed by atoms with Crippen molar-refractivity contribution in [3.8, 4) is 0 Å². The van der Waals surface area contributed by atoms with Crippen molar-refractivity contribution in [1.29, 1.82) is 0 Å². The summed E-state index contributed by atoms with van der Waals surface area (Å²) >= 11 is 1.42. The number of nitrogens with one attached hydrogen (secondary N) is 2. The molecular weight excluding hydrogens is 485 g/mol. The molecule has 4 aliphatic heterocycles. The molecule has 1 amide bonds. The third kappa shape index (κ3) is 3.48. The molecule has 3 fully saturated rings. The second kappa shape index (κ2) is 8.46. The molecule has 11 heteroatoms. The fourth-order valence-corrected chi connectivity index (χ4v) is 6.18. The van der Waals surface area contributed by atoms with Gasteiger partial charge < -0.3 is 20.1 Å². The Morgan fingerprint density at radius 2 is 2.28 bits per heavy atom. The minimum absolute atomic E-state index is 0.0378. The number of rotatable bonds is 6. The maximum absolute atomic E-state index is 14.6. The number of benzene rings is 1. The molecule has 2 aromatic rings. The molecule has 3 saturated heterocycles. The molecule has 36 heavy (non-hydrogen) atoms. The average molecular weight is 512 g/mol. The van der Waals surface area contributed by atoms with Gasteiger partial charge in [0.15, 0.2) is 16.4 Å². The number of thiazole rings is 1. The first kappa shape index (κ1) is 23.3. The molecule has 0 saturated carbocycles. The highest BCUT2D eigenvalue weighted by Gasteiger charge is 2.79. The van der Waals surface area contributed by atoms with Crippen LogP contribution in [0.2, 0.25) is 0 Å². The van der Waals surface area contributed by atoms with Crippen molar-refractivity contribution in [3.63, 3.8) is 0 Å². The summed E-state index contributed by atoms with van der Waals surface area (Å²) in [6.07, 6.45) is 2.27. The molecule has 0 unspecified atom stereocenters. The Morgan fingerprint density at radius 1 is 1.42 bits per heavy atom. The van der Waals surface area contributed by atoms with Crippen LogP contribution < -0.4 is 10.6 Å². The lowest BCUT2D eigenvalue weighted by atomic mass is 9.87. The summed E-state index contributed by atoms with van der Waals surface area (Å²) in [7, 11) is 0. The van der Waals surface area contributed by atoms with Crippen LogP contribution in [0.3, 0.4) is 0 Å². The predicted octanol–water partition coefficient (Wildman–Crippen LogP) is 1.84. The normalized spacial score (nSPS) is 29.1.